The maximum atomic E-state index is 9.90. The second-order valence-corrected chi connectivity index (χ2v) is 5.09. The van der Waals surface area contributed by atoms with Crippen molar-refractivity contribution in [3.05, 3.63) is 54.7 Å². The van der Waals surface area contributed by atoms with Crippen LogP contribution in [-0.2, 0) is 6.42 Å². The lowest BCUT2D eigenvalue weighted by atomic mass is 10.0. The fraction of sp³-hybridized carbons (Fsp3) is 0.214. The fourth-order valence-corrected chi connectivity index (χ4v) is 2.34. The molecule has 1 aromatic carbocycles. The van der Waals surface area contributed by atoms with Crippen LogP contribution in [0.25, 0.3) is 10.4 Å². The van der Waals surface area contributed by atoms with Crippen molar-refractivity contribution in [2.45, 2.75) is 18.9 Å². The van der Waals surface area contributed by atoms with Crippen LogP contribution in [0.5, 0.6) is 0 Å². The number of aliphatic hydroxyl groups is 1. The SMILES string of the molecule is C=CC(C)(O)Cc1cc(-c2ccccc2)sn1. The molecule has 0 radical (unpaired) electrons. The lowest BCUT2D eigenvalue weighted by Crippen LogP contribution is -2.23. The van der Waals surface area contributed by atoms with Crippen molar-refractivity contribution < 1.29 is 5.11 Å². The van der Waals surface area contributed by atoms with Gasteiger partial charge in [-0.05, 0) is 30.1 Å². The van der Waals surface area contributed by atoms with Crippen molar-refractivity contribution in [2.75, 3.05) is 0 Å². The van der Waals surface area contributed by atoms with Crippen LogP contribution in [0.2, 0.25) is 0 Å². The first-order valence-electron chi connectivity index (χ1n) is 5.48. The van der Waals surface area contributed by atoms with Gasteiger partial charge in [0.05, 0.1) is 16.2 Å². The lowest BCUT2D eigenvalue weighted by molar-refractivity contribution is 0.112. The van der Waals surface area contributed by atoms with Gasteiger partial charge in [0, 0.05) is 6.42 Å². The molecule has 0 amide bonds. The summed E-state index contributed by atoms with van der Waals surface area (Å²) in [6.45, 7) is 5.36. The number of aromatic nitrogens is 1. The van der Waals surface area contributed by atoms with Crippen molar-refractivity contribution in [3.63, 3.8) is 0 Å². The molecule has 0 saturated heterocycles. The summed E-state index contributed by atoms with van der Waals surface area (Å²) in [5, 5.41) is 9.90. The molecule has 1 heterocycles. The second-order valence-electron chi connectivity index (χ2n) is 4.29. The Labute approximate surface area is 105 Å². The Hall–Kier alpha value is -1.45. The van der Waals surface area contributed by atoms with Crippen molar-refractivity contribution in [2.24, 2.45) is 0 Å². The first kappa shape index (κ1) is 12.0. The number of hydrogen-bond acceptors (Lipinski definition) is 3. The molecule has 1 N–H and O–H groups in total. The molecule has 1 atom stereocenters. The number of nitrogens with zero attached hydrogens (tertiary/aromatic N) is 1. The Bertz CT molecular complexity index is 502. The van der Waals surface area contributed by atoms with Gasteiger partial charge in [-0.2, -0.15) is 4.37 Å². The van der Waals surface area contributed by atoms with Crippen LogP contribution in [0, 0.1) is 0 Å². The highest BCUT2D eigenvalue weighted by Crippen LogP contribution is 2.26. The molecule has 0 spiro atoms. The zero-order valence-corrected chi connectivity index (χ0v) is 10.6. The Morgan fingerprint density at radius 1 is 1.41 bits per heavy atom. The maximum absolute atomic E-state index is 9.90. The van der Waals surface area contributed by atoms with Gasteiger partial charge in [-0.1, -0.05) is 36.4 Å². The minimum atomic E-state index is -0.887. The monoisotopic (exact) mass is 245 g/mol. The fourth-order valence-electron chi connectivity index (χ4n) is 1.57. The molecule has 2 aromatic rings. The summed E-state index contributed by atoms with van der Waals surface area (Å²) in [6.07, 6.45) is 2.05. The third kappa shape index (κ3) is 3.02. The average Bonchev–Trinajstić information content (AvgIpc) is 2.78. The third-order valence-electron chi connectivity index (χ3n) is 2.60. The van der Waals surface area contributed by atoms with Gasteiger partial charge in [-0.15, -0.1) is 6.58 Å². The molecule has 0 aliphatic rings. The van der Waals surface area contributed by atoms with Gasteiger partial charge in [-0.25, -0.2) is 0 Å². The van der Waals surface area contributed by atoms with E-state index in [4.69, 9.17) is 0 Å². The summed E-state index contributed by atoms with van der Waals surface area (Å²) in [4.78, 5) is 1.13. The maximum Gasteiger partial charge on any atom is 0.0852 e. The summed E-state index contributed by atoms with van der Waals surface area (Å²) in [5.74, 6) is 0. The van der Waals surface area contributed by atoms with E-state index in [-0.39, 0.29) is 0 Å². The van der Waals surface area contributed by atoms with E-state index in [1.807, 2.05) is 24.3 Å². The first-order chi connectivity index (χ1) is 8.11. The van der Waals surface area contributed by atoms with Crippen LogP contribution in [0.15, 0.2) is 49.1 Å². The standard InChI is InChI=1S/C14H15NOS/c1-3-14(2,16)10-12-9-13(17-15-12)11-7-5-4-6-8-11/h3-9,16H,1,10H2,2H3. The molecule has 0 bridgehead atoms. The van der Waals surface area contributed by atoms with E-state index in [2.05, 4.69) is 23.1 Å². The van der Waals surface area contributed by atoms with Gasteiger partial charge in [-0.3, -0.25) is 0 Å². The molecular weight excluding hydrogens is 230 g/mol. The van der Waals surface area contributed by atoms with E-state index in [9.17, 15) is 5.11 Å². The Balaban J connectivity index is 2.20. The van der Waals surface area contributed by atoms with Gasteiger partial charge in [0.1, 0.15) is 0 Å². The molecule has 0 fully saturated rings. The van der Waals surface area contributed by atoms with Crippen LogP contribution in [0.3, 0.4) is 0 Å². The highest BCUT2D eigenvalue weighted by molar-refractivity contribution is 7.09. The van der Waals surface area contributed by atoms with Gasteiger partial charge in [0.2, 0.25) is 0 Å². The second kappa shape index (κ2) is 4.82. The number of rotatable bonds is 4. The van der Waals surface area contributed by atoms with E-state index >= 15 is 0 Å². The van der Waals surface area contributed by atoms with Crippen LogP contribution >= 0.6 is 11.5 Å². The molecule has 2 rings (SSSR count). The summed E-state index contributed by atoms with van der Waals surface area (Å²) in [5.41, 5.74) is 1.18. The lowest BCUT2D eigenvalue weighted by Gasteiger charge is -2.16. The van der Waals surface area contributed by atoms with Crippen molar-refractivity contribution in [1.82, 2.24) is 4.37 Å². The third-order valence-corrected chi connectivity index (χ3v) is 3.47. The number of hydrogen-bond donors (Lipinski definition) is 1. The van der Waals surface area contributed by atoms with Gasteiger partial charge in [0.15, 0.2) is 0 Å². The zero-order chi connectivity index (χ0) is 12.3. The molecule has 1 unspecified atom stereocenters. The molecule has 3 heteroatoms. The number of benzene rings is 1. The summed E-state index contributed by atoms with van der Waals surface area (Å²) in [7, 11) is 0. The summed E-state index contributed by atoms with van der Waals surface area (Å²) < 4.78 is 4.36. The smallest absolute Gasteiger partial charge is 0.0852 e. The van der Waals surface area contributed by atoms with Crippen LogP contribution < -0.4 is 0 Å². The van der Waals surface area contributed by atoms with E-state index in [1.54, 1.807) is 13.0 Å². The van der Waals surface area contributed by atoms with Crippen LogP contribution in [0.4, 0.5) is 0 Å². The normalized spacial score (nSPS) is 14.2. The molecular formula is C14H15NOS. The predicted octanol–water partition coefficient (Wildman–Crippen LogP) is 3.29. The molecule has 17 heavy (non-hydrogen) atoms. The van der Waals surface area contributed by atoms with Crippen LogP contribution in [-0.4, -0.2) is 15.1 Å². The first-order valence-corrected chi connectivity index (χ1v) is 6.25. The highest BCUT2D eigenvalue weighted by Gasteiger charge is 2.18. The Morgan fingerprint density at radius 2 is 2.12 bits per heavy atom. The zero-order valence-electron chi connectivity index (χ0n) is 9.76. The van der Waals surface area contributed by atoms with Gasteiger partial charge < -0.3 is 5.11 Å². The topological polar surface area (TPSA) is 33.1 Å². The van der Waals surface area contributed by atoms with E-state index in [0.717, 1.165) is 16.1 Å². The Kier molecular flexibility index (Phi) is 3.41. The van der Waals surface area contributed by atoms with E-state index in [0.29, 0.717) is 6.42 Å². The van der Waals surface area contributed by atoms with Crippen LogP contribution in [0.1, 0.15) is 12.6 Å². The molecule has 0 saturated carbocycles. The van der Waals surface area contributed by atoms with Gasteiger partial charge >= 0.3 is 0 Å². The quantitative estimate of drug-likeness (QED) is 0.838. The molecule has 0 aliphatic heterocycles. The minimum absolute atomic E-state index is 0.500. The van der Waals surface area contributed by atoms with Crippen molar-refractivity contribution >= 4 is 11.5 Å². The average molecular weight is 245 g/mol. The highest BCUT2D eigenvalue weighted by atomic mass is 32.1. The summed E-state index contributed by atoms with van der Waals surface area (Å²) >= 11 is 1.46. The van der Waals surface area contributed by atoms with Crippen molar-refractivity contribution in [1.29, 1.82) is 0 Å². The Morgan fingerprint density at radius 3 is 2.76 bits per heavy atom. The van der Waals surface area contributed by atoms with Crippen molar-refractivity contribution in [3.8, 4) is 10.4 Å². The largest absolute Gasteiger partial charge is 0.386 e. The van der Waals surface area contributed by atoms with Gasteiger partial charge in [0.25, 0.3) is 0 Å². The minimum Gasteiger partial charge on any atom is -0.386 e. The molecule has 1 aromatic heterocycles. The van der Waals surface area contributed by atoms with E-state index in [1.165, 1.54) is 11.5 Å². The molecule has 0 aliphatic carbocycles. The molecule has 88 valence electrons. The summed E-state index contributed by atoms with van der Waals surface area (Å²) in [6, 6.07) is 12.2. The predicted molar refractivity (Wildman–Crippen MR) is 72.1 cm³/mol. The van der Waals surface area contributed by atoms with E-state index < -0.39 is 5.60 Å². The molecule has 2 nitrogen and oxygen atoms in total.